The van der Waals surface area contributed by atoms with Crippen molar-refractivity contribution in [3.63, 3.8) is 0 Å². The molecule has 0 atom stereocenters. The van der Waals surface area contributed by atoms with E-state index in [0.717, 1.165) is 45.0 Å². The van der Waals surface area contributed by atoms with E-state index in [9.17, 15) is 12.8 Å². The molecule has 0 radical (unpaired) electrons. The second-order valence-corrected chi connectivity index (χ2v) is 10.0. The molecule has 2 aliphatic rings. The number of halogens is 3. The largest absolute Gasteiger partial charge is 0.298 e. The molecule has 0 amide bonds. The molecule has 0 unspecified atom stereocenters. The average molecular weight is 459 g/mol. The number of piperidine rings is 1. The Morgan fingerprint density at radius 3 is 2.41 bits per heavy atom. The highest BCUT2D eigenvalue weighted by Crippen LogP contribution is 2.28. The molecule has 0 saturated carbocycles. The summed E-state index contributed by atoms with van der Waals surface area (Å²) < 4.78 is 40.5. The van der Waals surface area contributed by atoms with Gasteiger partial charge in [0.1, 0.15) is 5.82 Å². The first kappa shape index (κ1) is 22.5. The van der Waals surface area contributed by atoms with Crippen LogP contribution >= 0.6 is 24.0 Å². The quantitative estimate of drug-likeness (QED) is 0.683. The standard InChI is InChI=1S/C21H24ClFN2O2S.ClH/c22-20-13-19(5-6-21(20)23)28(26,27)25-11-7-16(8-12-25)14-24-10-9-17-3-1-2-4-18(17)15-24;/h1-6,13,16H,7-12,14-15H2;1H. The Hall–Kier alpha value is -1.18. The zero-order chi connectivity index (χ0) is 19.7. The van der Waals surface area contributed by atoms with Crippen LogP contribution in [0.2, 0.25) is 5.02 Å². The fourth-order valence-electron chi connectivity index (χ4n) is 4.19. The molecule has 2 aliphatic heterocycles. The third kappa shape index (κ3) is 4.94. The summed E-state index contributed by atoms with van der Waals surface area (Å²) in [7, 11) is -3.63. The van der Waals surface area contributed by atoms with E-state index in [2.05, 4.69) is 29.2 Å². The van der Waals surface area contributed by atoms with Crippen LogP contribution in [0.4, 0.5) is 4.39 Å². The van der Waals surface area contributed by atoms with Gasteiger partial charge in [-0.2, -0.15) is 4.31 Å². The third-order valence-corrected chi connectivity index (χ3v) is 8.01. The Morgan fingerprint density at radius 2 is 1.72 bits per heavy atom. The summed E-state index contributed by atoms with van der Waals surface area (Å²) in [5.74, 6) is -0.115. The zero-order valence-corrected chi connectivity index (χ0v) is 18.4. The molecule has 29 heavy (non-hydrogen) atoms. The fraction of sp³-hybridized carbons (Fsp3) is 0.429. The molecule has 0 bridgehead atoms. The SMILES string of the molecule is Cl.O=S(=O)(c1ccc(F)c(Cl)c1)N1CCC(CN2CCc3ccccc3C2)CC1. The van der Waals surface area contributed by atoms with Gasteiger partial charge in [0.15, 0.2) is 0 Å². The highest BCUT2D eigenvalue weighted by molar-refractivity contribution is 7.89. The second kappa shape index (κ2) is 9.31. The Morgan fingerprint density at radius 1 is 1.03 bits per heavy atom. The van der Waals surface area contributed by atoms with Gasteiger partial charge in [-0.25, -0.2) is 12.8 Å². The first-order valence-corrected chi connectivity index (χ1v) is 11.5. The van der Waals surface area contributed by atoms with Crippen LogP contribution in [0.5, 0.6) is 0 Å². The number of nitrogens with zero attached hydrogens (tertiary/aromatic N) is 2. The maximum absolute atomic E-state index is 13.4. The van der Waals surface area contributed by atoms with Crippen molar-refractivity contribution in [3.8, 4) is 0 Å². The predicted molar refractivity (Wildman–Crippen MR) is 116 cm³/mol. The lowest BCUT2D eigenvalue weighted by Crippen LogP contribution is -2.42. The summed E-state index contributed by atoms with van der Waals surface area (Å²) in [6.07, 6.45) is 2.76. The molecule has 1 saturated heterocycles. The van der Waals surface area contributed by atoms with Crippen LogP contribution in [0, 0.1) is 11.7 Å². The highest BCUT2D eigenvalue weighted by Gasteiger charge is 2.31. The van der Waals surface area contributed by atoms with Gasteiger partial charge in [0.2, 0.25) is 10.0 Å². The number of hydrogen-bond donors (Lipinski definition) is 0. The van der Waals surface area contributed by atoms with Crippen LogP contribution in [-0.2, 0) is 23.0 Å². The van der Waals surface area contributed by atoms with E-state index in [1.165, 1.54) is 27.6 Å². The second-order valence-electron chi connectivity index (χ2n) is 7.68. The van der Waals surface area contributed by atoms with Crippen molar-refractivity contribution in [2.24, 2.45) is 5.92 Å². The number of benzene rings is 2. The van der Waals surface area contributed by atoms with E-state index >= 15 is 0 Å². The molecule has 8 heteroatoms. The molecule has 0 aromatic heterocycles. The summed E-state index contributed by atoms with van der Waals surface area (Å²) in [4.78, 5) is 2.54. The Balaban J connectivity index is 0.00000240. The summed E-state index contributed by atoms with van der Waals surface area (Å²) in [6.45, 7) is 4.02. The Kier molecular flexibility index (Phi) is 7.23. The van der Waals surface area contributed by atoms with Crippen LogP contribution < -0.4 is 0 Å². The number of hydrogen-bond acceptors (Lipinski definition) is 3. The van der Waals surface area contributed by atoms with Crippen LogP contribution in [-0.4, -0.2) is 43.8 Å². The summed E-state index contributed by atoms with van der Waals surface area (Å²) in [5, 5.41) is -0.165. The van der Waals surface area contributed by atoms with Gasteiger partial charge in [-0.3, -0.25) is 4.90 Å². The van der Waals surface area contributed by atoms with Crippen molar-refractivity contribution >= 4 is 34.0 Å². The van der Waals surface area contributed by atoms with Crippen LogP contribution in [0.3, 0.4) is 0 Å². The zero-order valence-electron chi connectivity index (χ0n) is 16.1. The van der Waals surface area contributed by atoms with E-state index < -0.39 is 15.8 Å². The molecule has 158 valence electrons. The number of fused-ring (bicyclic) bond motifs is 1. The molecule has 2 aromatic carbocycles. The molecule has 4 nitrogen and oxygen atoms in total. The highest BCUT2D eigenvalue weighted by atomic mass is 35.5. The van der Waals surface area contributed by atoms with Crippen molar-refractivity contribution in [3.05, 3.63) is 64.4 Å². The third-order valence-electron chi connectivity index (χ3n) is 5.83. The monoisotopic (exact) mass is 458 g/mol. The van der Waals surface area contributed by atoms with Crippen molar-refractivity contribution in [1.82, 2.24) is 9.21 Å². The minimum atomic E-state index is -3.63. The van der Waals surface area contributed by atoms with Crippen LogP contribution in [0.1, 0.15) is 24.0 Å². The van der Waals surface area contributed by atoms with Crippen LogP contribution in [0.25, 0.3) is 0 Å². The molecule has 0 spiro atoms. The lowest BCUT2D eigenvalue weighted by Gasteiger charge is -2.36. The lowest BCUT2D eigenvalue weighted by atomic mass is 9.94. The molecule has 4 rings (SSSR count). The first-order chi connectivity index (χ1) is 13.4. The molecule has 2 aromatic rings. The van der Waals surface area contributed by atoms with Gasteiger partial charge in [-0.05, 0) is 54.5 Å². The lowest BCUT2D eigenvalue weighted by molar-refractivity contribution is 0.171. The summed E-state index contributed by atoms with van der Waals surface area (Å²) >= 11 is 5.76. The molecule has 1 fully saturated rings. The summed E-state index contributed by atoms with van der Waals surface area (Å²) in [6, 6.07) is 12.2. The number of rotatable bonds is 4. The van der Waals surface area contributed by atoms with Crippen LogP contribution in [0.15, 0.2) is 47.4 Å². The Labute approximate surface area is 183 Å². The molecule has 0 N–H and O–H groups in total. The van der Waals surface area contributed by atoms with Gasteiger partial charge in [-0.1, -0.05) is 35.9 Å². The van der Waals surface area contributed by atoms with E-state index in [1.54, 1.807) is 0 Å². The number of sulfonamides is 1. The van der Waals surface area contributed by atoms with Gasteiger partial charge in [0.05, 0.1) is 9.92 Å². The maximum atomic E-state index is 13.4. The molecular formula is C21H25Cl2FN2O2S. The molecular weight excluding hydrogens is 434 g/mol. The van der Waals surface area contributed by atoms with Gasteiger partial charge >= 0.3 is 0 Å². The van der Waals surface area contributed by atoms with Crippen molar-refractivity contribution < 1.29 is 12.8 Å². The topological polar surface area (TPSA) is 40.6 Å². The average Bonchev–Trinajstić information content (AvgIpc) is 2.70. The predicted octanol–water partition coefficient (Wildman–Crippen LogP) is 4.36. The van der Waals surface area contributed by atoms with Gasteiger partial charge in [0.25, 0.3) is 0 Å². The molecule has 0 aliphatic carbocycles. The Bertz CT molecular complexity index is 963. The fourth-order valence-corrected chi connectivity index (χ4v) is 5.94. The van der Waals surface area contributed by atoms with Gasteiger partial charge < -0.3 is 0 Å². The first-order valence-electron chi connectivity index (χ1n) is 9.68. The van der Waals surface area contributed by atoms with E-state index in [0.29, 0.717) is 19.0 Å². The van der Waals surface area contributed by atoms with Crippen molar-refractivity contribution in [2.75, 3.05) is 26.2 Å². The van der Waals surface area contributed by atoms with E-state index in [4.69, 9.17) is 11.6 Å². The van der Waals surface area contributed by atoms with Crippen molar-refractivity contribution in [2.45, 2.75) is 30.7 Å². The van der Waals surface area contributed by atoms with E-state index in [-0.39, 0.29) is 22.3 Å². The van der Waals surface area contributed by atoms with Crippen molar-refractivity contribution in [1.29, 1.82) is 0 Å². The summed E-state index contributed by atoms with van der Waals surface area (Å²) in [5.41, 5.74) is 2.85. The smallest absolute Gasteiger partial charge is 0.243 e. The minimum Gasteiger partial charge on any atom is -0.298 e. The minimum absolute atomic E-state index is 0. The van der Waals surface area contributed by atoms with Gasteiger partial charge in [0, 0.05) is 32.7 Å². The normalized spacial score (nSPS) is 18.8. The van der Waals surface area contributed by atoms with E-state index in [1.807, 2.05) is 0 Å². The maximum Gasteiger partial charge on any atom is 0.243 e. The molecule has 2 heterocycles. The van der Waals surface area contributed by atoms with Gasteiger partial charge in [-0.15, -0.1) is 12.4 Å².